The minimum absolute atomic E-state index is 0.265. The Balaban J connectivity index is 2.12. The minimum atomic E-state index is -1.00. The maximum Gasteiger partial charge on any atom is 0.325 e. The van der Waals surface area contributed by atoms with Crippen LogP contribution in [0.3, 0.4) is 0 Å². The average molecular weight is 273 g/mol. The van der Waals surface area contributed by atoms with E-state index in [0.29, 0.717) is 5.56 Å². The highest BCUT2D eigenvalue weighted by atomic mass is 16.4. The molecular weight excluding hydrogens is 258 g/mol. The van der Waals surface area contributed by atoms with Gasteiger partial charge in [-0.3, -0.25) is 14.3 Å². The van der Waals surface area contributed by atoms with E-state index in [2.05, 4.69) is 10.4 Å². The number of amides is 1. The first-order valence-electron chi connectivity index (χ1n) is 6.23. The Morgan fingerprint density at radius 1 is 1.35 bits per heavy atom. The van der Waals surface area contributed by atoms with Crippen molar-refractivity contribution < 1.29 is 14.7 Å². The third kappa shape index (κ3) is 3.23. The number of carbonyl (C=O) groups excluding carboxylic acids is 1. The molecule has 2 aromatic rings. The highest BCUT2D eigenvalue weighted by Crippen LogP contribution is 2.16. The number of carboxylic acids is 1. The molecule has 0 fully saturated rings. The molecule has 1 aromatic heterocycles. The van der Waals surface area contributed by atoms with E-state index in [9.17, 15) is 9.59 Å². The summed E-state index contributed by atoms with van der Waals surface area (Å²) in [6.07, 6.45) is 3.58. The lowest BCUT2D eigenvalue weighted by Crippen LogP contribution is -2.13. The Labute approximate surface area is 116 Å². The van der Waals surface area contributed by atoms with Crippen LogP contribution in [0.2, 0.25) is 0 Å². The molecule has 0 atom stereocenters. The number of anilines is 1. The fourth-order valence-corrected chi connectivity index (χ4v) is 1.85. The van der Waals surface area contributed by atoms with Crippen LogP contribution in [-0.4, -0.2) is 26.8 Å². The van der Waals surface area contributed by atoms with Crippen LogP contribution in [0.1, 0.15) is 22.8 Å². The van der Waals surface area contributed by atoms with Crippen molar-refractivity contribution in [3.63, 3.8) is 0 Å². The molecule has 6 heteroatoms. The van der Waals surface area contributed by atoms with Crippen LogP contribution in [0.25, 0.3) is 0 Å². The normalized spacial score (nSPS) is 10.2. The van der Waals surface area contributed by atoms with Gasteiger partial charge in [-0.25, -0.2) is 0 Å². The number of hydrogen-bond donors (Lipinski definition) is 2. The lowest BCUT2D eigenvalue weighted by molar-refractivity contribution is -0.137. The number of benzene rings is 1. The first kappa shape index (κ1) is 13.8. The van der Waals surface area contributed by atoms with Gasteiger partial charge in [-0.1, -0.05) is 25.1 Å². The van der Waals surface area contributed by atoms with E-state index in [-0.39, 0.29) is 12.5 Å². The molecule has 0 radical (unpaired) electrons. The molecule has 1 aromatic carbocycles. The molecule has 1 amide bonds. The van der Waals surface area contributed by atoms with E-state index in [1.165, 1.54) is 17.1 Å². The first-order chi connectivity index (χ1) is 9.60. The highest BCUT2D eigenvalue weighted by molar-refractivity contribution is 6.04. The number of carbonyl (C=O) groups is 2. The van der Waals surface area contributed by atoms with Crippen molar-refractivity contribution in [3.8, 4) is 0 Å². The summed E-state index contributed by atoms with van der Waals surface area (Å²) in [5, 5.41) is 15.3. The van der Waals surface area contributed by atoms with Gasteiger partial charge < -0.3 is 10.4 Å². The van der Waals surface area contributed by atoms with Crippen LogP contribution in [0.15, 0.2) is 36.7 Å². The molecule has 6 nitrogen and oxygen atoms in total. The van der Waals surface area contributed by atoms with Gasteiger partial charge in [-0.2, -0.15) is 5.10 Å². The standard InChI is InChI=1S/C14H15N3O3/c1-2-10-5-3-4-6-12(10)16-14(20)11-7-15-17(8-11)9-13(18)19/h3-8H,2,9H2,1H3,(H,16,20)(H,18,19). The largest absolute Gasteiger partial charge is 0.480 e. The zero-order valence-electron chi connectivity index (χ0n) is 11.0. The number of hydrogen-bond acceptors (Lipinski definition) is 3. The summed E-state index contributed by atoms with van der Waals surface area (Å²) in [6.45, 7) is 1.74. The summed E-state index contributed by atoms with van der Waals surface area (Å²) in [7, 11) is 0. The molecule has 0 unspecified atom stereocenters. The van der Waals surface area contributed by atoms with Crippen LogP contribution in [0.4, 0.5) is 5.69 Å². The lowest BCUT2D eigenvalue weighted by atomic mass is 10.1. The summed E-state index contributed by atoms with van der Waals surface area (Å²) in [4.78, 5) is 22.6. The van der Waals surface area contributed by atoms with Gasteiger partial charge in [0.2, 0.25) is 0 Å². The van der Waals surface area contributed by atoms with E-state index in [1.54, 1.807) is 0 Å². The smallest absolute Gasteiger partial charge is 0.325 e. The molecule has 20 heavy (non-hydrogen) atoms. The molecule has 2 rings (SSSR count). The quantitative estimate of drug-likeness (QED) is 0.869. The Bertz CT molecular complexity index is 634. The molecule has 0 aliphatic heterocycles. The number of carboxylic acid groups (broad SMARTS) is 1. The molecule has 1 heterocycles. The number of aromatic nitrogens is 2. The first-order valence-corrected chi connectivity index (χ1v) is 6.23. The number of nitrogens with zero attached hydrogens (tertiary/aromatic N) is 2. The van der Waals surface area contributed by atoms with Crippen LogP contribution in [0.5, 0.6) is 0 Å². The predicted molar refractivity (Wildman–Crippen MR) is 73.6 cm³/mol. The molecule has 0 saturated carbocycles. The molecule has 0 saturated heterocycles. The fraction of sp³-hybridized carbons (Fsp3) is 0.214. The van der Waals surface area contributed by atoms with Crippen LogP contribution in [-0.2, 0) is 17.8 Å². The summed E-state index contributed by atoms with van der Waals surface area (Å²) in [6, 6.07) is 7.55. The zero-order valence-corrected chi connectivity index (χ0v) is 11.0. The molecule has 0 aliphatic carbocycles. The summed E-state index contributed by atoms with van der Waals surface area (Å²) >= 11 is 0. The molecule has 2 N–H and O–H groups in total. The molecule has 104 valence electrons. The minimum Gasteiger partial charge on any atom is -0.480 e. The van der Waals surface area contributed by atoms with Gasteiger partial charge in [0.15, 0.2) is 0 Å². The third-order valence-electron chi connectivity index (χ3n) is 2.84. The highest BCUT2D eigenvalue weighted by Gasteiger charge is 2.11. The van der Waals surface area contributed by atoms with E-state index >= 15 is 0 Å². The monoisotopic (exact) mass is 273 g/mol. The molecular formula is C14H15N3O3. The number of nitrogens with one attached hydrogen (secondary N) is 1. The summed E-state index contributed by atoms with van der Waals surface area (Å²) < 4.78 is 1.21. The van der Waals surface area contributed by atoms with Crippen LogP contribution in [0, 0.1) is 0 Å². The van der Waals surface area contributed by atoms with Gasteiger partial charge >= 0.3 is 5.97 Å². The SMILES string of the molecule is CCc1ccccc1NC(=O)c1cnn(CC(=O)O)c1. The fourth-order valence-electron chi connectivity index (χ4n) is 1.85. The van der Waals surface area contributed by atoms with E-state index in [0.717, 1.165) is 17.7 Å². The topological polar surface area (TPSA) is 84.2 Å². The van der Waals surface area contributed by atoms with Crippen molar-refractivity contribution in [1.82, 2.24) is 9.78 Å². The van der Waals surface area contributed by atoms with Gasteiger partial charge in [0.1, 0.15) is 6.54 Å². The Morgan fingerprint density at radius 3 is 2.80 bits per heavy atom. The van der Waals surface area contributed by atoms with Crippen molar-refractivity contribution in [2.45, 2.75) is 19.9 Å². The number of rotatable bonds is 5. The lowest BCUT2D eigenvalue weighted by Gasteiger charge is -2.08. The summed E-state index contributed by atoms with van der Waals surface area (Å²) in [5.74, 6) is -1.31. The second kappa shape index (κ2) is 6.01. The Hall–Kier alpha value is -2.63. The second-order valence-electron chi connectivity index (χ2n) is 4.29. The van der Waals surface area contributed by atoms with E-state index in [4.69, 9.17) is 5.11 Å². The van der Waals surface area contributed by atoms with Crippen molar-refractivity contribution in [3.05, 3.63) is 47.8 Å². The number of aliphatic carboxylic acids is 1. The average Bonchev–Trinajstić information content (AvgIpc) is 2.87. The van der Waals surface area contributed by atoms with Crippen molar-refractivity contribution in [2.75, 3.05) is 5.32 Å². The van der Waals surface area contributed by atoms with Crippen LogP contribution < -0.4 is 5.32 Å². The van der Waals surface area contributed by atoms with Gasteiger partial charge in [0, 0.05) is 11.9 Å². The molecule has 0 bridgehead atoms. The van der Waals surface area contributed by atoms with Crippen molar-refractivity contribution in [1.29, 1.82) is 0 Å². The Morgan fingerprint density at radius 2 is 2.10 bits per heavy atom. The zero-order chi connectivity index (χ0) is 14.5. The Kier molecular flexibility index (Phi) is 4.14. The van der Waals surface area contributed by atoms with Crippen molar-refractivity contribution >= 4 is 17.6 Å². The van der Waals surface area contributed by atoms with Crippen molar-refractivity contribution in [2.24, 2.45) is 0 Å². The molecule has 0 spiro atoms. The number of aryl methyl sites for hydroxylation is 1. The van der Waals surface area contributed by atoms with Crippen LogP contribution >= 0.6 is 0 Å². The van der Waals surface area contributed by atoms with Gasteiger partial charge in [0.25, 0.3) is 5.91 Å². The van der Waals surface area contributed by atoms with Gasteiger partial charge in [0.05, 0.1) is 11.8 Å². The second-order valence-corrected chi connectivity index (χ2v) is 4.29. The van der Waals surface area contributed by atoms with E-state index < -0.39 is 5.97 Å². The number of para-hydroxylation sites is 1. The van der Waals surface area contributed by atoms with E-state index in [1.807, 2.05) is 31.2 Å². The predicted octanol–water partition coefficient (Wildman–Crippen LogP) is 1.78. The van der Waals surface area contributed by atoms with Gasteiger partial charge in [-0.05, 0) is 18.1 Å². The van der Waals surface area contributed by atoms with Gasteiger partial charge in [-0.15, -0.1) is 0 Å². The summed E-state index contributed by atoms with van der Waals surface area (Å²) in [5.41, 5.74) is 2.13. The maximum absolute atomic E-state index is 12.1. The third-order valence-corrected chi connectivity index (χ3v) is 2.84. The molecule has 0 aliphatic rings. The maximum atomic E-state index is 12.1.